The number of rotatable bonds is 3. The third-order valence-electron chi connectivity index (χ3n) is 2.25. The lowest BCUT2D eigenvalue weighted by Crippen LogP contribution is -2.42. The van der Waals surface area contributed by atoms with Gasteiger partial charge in [0.05, 0.1) is 0 Å². The van der Waals surface area contributed by atoms with E-state index in [4.69, 9.17) is 16.2 Å². The zero-order valence-corrected chi connectivity index (χ0v) is 9.69. The molecule has 1 aromatic rings. The highest BCUT2D eigenvalue weighted by Crippen LogP contribution is 2.23. The lowest BCUT2D eigenvalue weighted by Gasteiger charge is -2.15. The average molecular weight is 237 g/mol. The molecule has 0 radical (unpaired) electrons. The standard InChI is InChI=1S/C11H15N3O3/c1-6-8(12)4-3-5-9(6)17-7(2)10(15)14-11(13)16/h3-5,7H,12H2,1-2H3,(H3,13,14,15,16). The van der Waals surface area contributed by atoms with Gasteiger partial charge < -0.3 is 16.2 Å². The SMILES string of the molecule is Cc1c(N)cccc1OC(C)C(=O)NC(N)=O. The maximum absolute atomic E-state index is 11.4. The number of hydrogen-bond acceptors (Lipinski definition) is 4. The van der Waals surface area contributed by atoms with Crippen molar-refractivity contribution in [1.29, 1.82) is 0 Å². The smallest absolute Gasteiger partial charge is 0.318 e. The Kier molecular flexibility index (Phi) is 3.92. The fraction of sp³-hybridized carbons (Fsp3) is 0.273. The zero-order chi connectivity index (χ0) is 13.0. The molecule has 0 bridgehead atoms. The van der Waals surface area contributed by atoms with Crippen LogP contribution in [0.3, 0.4) is 0 Å². The van der Waals surface area contributed by atoms with Crippen molar-refractivity contribution in [3.63, 3.8) is 0 Å². The second-order valence-electron chi connectivity index (χ2n) is 3.58. The zero-order valence-electron chi connectivity index (χ0n) is 9.69. The molecule has 1 aromatic carbocycles. The van der Waals surface area contributed by atoms with Crippen molar-refractivity contribution < 1.29 is 14.3 Å². The van der Waals surface area contributed by atoms with Gasteiger partial charge >= 0.3 is 6.03 Å². The van der Waals surface area contributed by atoms with Crippen molar-refractivity contribution in [1.82, 2.24) is 5.32 Å². The Hall–Kier alpha value is -2.24. The Bertz CT molecular complexity index is 446. The molecule has 0 saturated heterocycles. The minimum absolute atomic E-state index is 0.497. The van der Waals surface area contributed by atoms with Gasteiger partial charge in [0.15, 0.2) is 6.10 Å². The Labute approximate surface area is 98.9 Å². The molecular weight excluding hydrogens is 222 g/mol. The molecule has 0 saturated carbocycles. The number of ether oxygens (including phenoxy) is 1. The topological polar surface area (TPSA) is 107 Å². The van der Waals surface area contributed by atoms with Crippen LogP contribution >= 0.6 is 0 Å². The van der Waals surface area contributed by atoms with Gasteiger partial charge in [0.1, 0.15) is 5.75 Å². The summed E-state index contributed by atoms with van der Waals surface area (Å²) in [5.74, 6) is -0.101. The average Bonchev–Trinajstić information content (AvgIpc) is 2.23. The molecule has 1 rings (SSSR count). The van der Waals surface area contributed by atoms with E-state index in [2.05, 4.69) is 0 Å². The van der Waals surface area contributed by atoms with Gasteiger partial charge in [-0.05, 0) is 26.0 Å². The van der Waals surface area contributed by atoms with E-state index in [0.29, 0.717) is 11.4 Å². The van der Waals surface area contributed by atoms with E-state index in [1.807, 2.05) is 5.32 Å². The molecule has 0 aliphatic carbocycles. The summed E-state index contributed by atoms with van der Waals surface area (Å²) in [7, 11) is 0. The molecule has 0 spiro atoms. The molecule has 3 amide bonds. The first kappa shape index (κ1) is 12.8. The van der Waals surface area contributed by atoms with Gasteiger partial charge in [-0.2, -0.15) is 0 Å². The lowest BCUT2D eigenvalue weighted by molar-refractivity contribution is -0.126. The van der Waals surface area contributed by atoms with Crippen LogP contribution in [0.15, 0.2) is 18.2 Å². The number of imide groups is 1. The summed E-state index contributed by atoms with van der Waals surface area (Å²) < 4.78 is 5.39. The molecular formula is C11H15N3O3. The van der Waals surface area contributed by atoms with Crippen molar-refractivity contribution in [3.8, 4) is 5.75 Å². The van der Waals surface area contributed by atoms with Crippen molar-refractivity contribution in [2.24, 2.45) is 5.73 Å². The second-order valence-corrected chi connectivity index (χ2v) is 3.58. The summed E-state index contributed by atoms with van der Waals surface area (Å²) in [6.07, 6.45) is -0.831. The Morgan fingerprint density at radius 3 is 2.65 bits per heavy atom. The molecule has 0 aromatic heterocycles. The number of hydrogen-bond donors (Lipinski definition) is 3. The number of amides is 3. The van der Waals surface area contributed by atoms with Crippen LogP contribution in [-0.4, -0.2) is 18.0 Å². The molecule has 6 heteroatoms. The van der Waals surface area contributed by atoms with Gasteiger partial charge in [0.25, 0.3) is 5.91 Å². The fourth-order valence-corrected chi connectivity index (χ4v) is 1.23. The monoisotopic (exact) mass is 237 g/mol. The van der Waals surface area contributed by atoms with Crippen LogP contribution in [0.5, 0.6) is 5.75 Å². The summed E-state index contributed by atoms with van der Waals surface area (Å²) in [6.45, 7) is 3.30. The molecule has 17 heavy (non-hydrogen) atoms. The summed E-state index contributed by atoms with van der Waals surface area (Å²) in [5.41, 5.74) is 11.8. The first-order valence-electron chi connectivity index (χ1n) is 5.04. The van der Waals surface area contributed by atoms with Crippen molar-refractivity contribution >= 4 is 17.6 Å². The quantitative estimate of drug-likeness (QED) is 0.667. The Morgan fingerprint density at radius 2 is 2.06 bits per heavy atom. The summed E-state index contributed by atoms with van der Waals surface area (Å²) in [5, 5.41) is 1.94. The van der Waals surface area contributed by atoms with Crippen LogP contribution in [0.1, 0.15) is 12.5 Å². The number of carbonyl (C=O) groups excluding carboxylic acids is 2. The molecule has 0 fully saturated rings. The van der Waals surface area contributed by atoms with Crippen molar-refractivity contribution in [2.45, 2.75) is 20.0 Å². The van der Waals surface area contributed by atoms with Crippen LogP contribution < -0.4 is 21.5 Å². The number of primary amides is 1. The Balaban J connectivity index is 2.74. The van der Waals surface area contributed by atoms with Gasteiger partial charge in [-0.25, -0.2) is 4.79 Å². The van der Waals surface area contributed by atoms with E-state index in [1.165, 1.54) is 6.92 Å². The maximum atomic E-state index is 11.4. The fourth-order valence-electron chi connectivity index (χ4n) is 1.23. The van der Waals surface area contributed by atoms with E-state index in [0.717, 1.165) is 5.56 Å². The summed E-state index contributed by atoms with van der Waals surface area (Å²) in [4.78, 5) is 21.9. The molecule has 92 valence electrons. The largest absolute Gasteiger partial charge is 0.481 e. The van der Waals surface area contributed by atoms with Crippen LogP contribution in [0, 0.1) is 6.92 Å². The lowest BCUT2D eigenvalue weighted by atomic mass is 10.2. The van der Waals surface area contributed by atoms with E-state index >= 15 is 0 Å². The van der Waals surface area contributed by atoms with Gasteiger partial charge in [0.2, 0.25) is 0 Å². The van der Waals surface area contributed by atoms with Gasteiger partial charge in [-0.3, -0.25) is 10.1 Å². The van der Waals surface area contributed by atoms with Crippen LogP contribution in [0.4, 0.5) is 10.5 Å². The highest BCUT2D eigenvalue weighted by molar-refractivity contribution is 5.95. The first-order valence-corrected chi connectivity index (χ1v) is 5.04. The molecule has 1 unspecified atom stereocenters. The number of anilines is 1. The van der Waals surface area contributed by atoms with Crippen molar-refractivity contribution in [2.75, 3.05) is 5.73 Å². The van der Waals surface area contributed by atoms with Crippen LogP contribution in [0.2, 0.25) is 0 Å². The third-order valence-corrected chi connectivity index (χ3v) is 2.25. The predicted molar refractivity (Wildman–Crippen MR) is 63.4 cm³/mol. The van der Waals surface area contributed by atoms with Crippen LogP contribution in [-0.2, 0) is 4.79 Å². The molecule has 1 atom stereocenters. The minimum atomic E-state index is -0.908. The number of nitrogens with one attached hydrogen (secondary N) is 1. The summed E-state index contributed by atoms with van der Waals surface area (Å²) >= 11 is 0. The molecule has 0 heterocycles. The van der Waals surface area contributed by atoms with Crippen molar-refractivity contribution in [3.05, 3.63) is 23.8 Å². The number of urea groups is 1. The molecule has 0 aliphatic heterocycles. The predicted octanol–water partition coefficient (Wildman–Crippen LogP) is 0.539. The maximum Gasteiger partial charge on any atom is 0.318 e. The number of nitrogen functional groups attached to an aromatic ring is 1. The van der Waals surface area contributed by atoms with Gasteiger partial charge in [-0.1, -0.05) is 6.07 Å². The highest BCUT2D eigenvalue weighted by Gasteiger charge is 2.17. The van der Waals surface area contributed by atoms with E-state index < -0.39 is 18.0 Å². The number of carbonyl (C=O) groups is 2. The van der Waals surface area contributed by atoms with E-state index in [9.17, 15) is 9.59 Å². The van der Waals surface area contributed by atoms with E-state index in [-0.39, 0.29) is 0 Å². The normalized spacial score (nSPS) is 11.6. The first-order chi connectivity index (χ1) is 7.91. The molecule has 5 N–H and O–H groups in total. The molecule has 6 nitrogen and oxygen atoms in total. The summed E-state index contributed by atoms with van der Waals surface area (Å²) in [6, 6.07) is 4.24. The second kappa shape index (κ2) is 5.20. The van der Waals surface area contributed by atoms with Crippen LogP contribution in [0.25, 0.3) is 0 Å². The van der Waals surface area contributed by atoms with E-state index in [1.54, 1.807) is 25.1 Å². The van der Waals surface area contributed by atoms with Gasteiger partial charge in [-0.15, -0.1) is 0 Å². The third kappa shape index (κ3) is 3.37. The van der Waals surface area contributed by atoms with Gasteiger partial charge in [0, 0.05) is 11.3 Å². The number of benzene rings is 1. The Morgan fingerprint density at radius 1 is 1.41 bits per heavy atom. The number of nitrogens with two attached hydrogens (primary N) is 2. The minimum Gasteiger partial charge on any atom is -0.481 e. The highest BCUT2D eigenvalue weighted by atomic mass is 16.5. The molecule has 0 aliphatic rings.